The Hall–Kier alpha value is -2.38. The van der Waals surface area contributed by atoms with Crippen LogP contribution in [0, 0.1) is 10.1 Å². The van der Waals surface area contributed by atoms with Crippen LogP contribution in [0.5, 0.6) is 0 Å². The lowest BCUT2D eigenvalue weighted by atomic mass is 10.3. The van der Waals surface area contributed by atoms with Crippen LogP contribution in [-0.4, -0.2) is 28.4 Å². The van der Waals surface area contributed by atoms with Crippen molar-refractivity contribution in [2.75, 3.05) is 17.6 Å². The molecule has 0 fully saturated rings. The quantitative estimate of drug-likeness (QED) is 0.519. The summed E-state index contributed by atoms with van der Waals surface area (Å²) < 4.78 is 0. The van der Waals surface area contributed by atoms with Crippen molar-refractivity contribution < 1.29 is 9.72 Å². The third-order valence-corrected chi connectivity index (χ3v) is 2.39. The normalized spacial score (nSPS) is 11.7. The van der Waals surface area contributed by atoms with Gasteiger partial charge >= 0.3 is 5.69 Å². The molecule has 1 amide bonds. The van der Waals surface area contributed by atoms with E-state index in [4.69, 9.17) is 5.73 Å². The van der Waals surface area contributed by atoms with Gasteiger partial charge in [-0.1, -0.05) is 6.92 Å². The molecule has 0 aliphatic heterocycles. The topological polar surface area (TPSA) is 123 Å². The van der Waals surface area contributed by atoms with Gasteiger partial charge in [-0.05, 0) is 19.4 Å². The van der Waals surface area contributed by atoms with Gasteiger partial charge in [0, 0.05) is 12.6 Å². The summed E-state index contributed by atoms with van der Waals surface area (Å²) in [5.74, 6) is -0.112. The Morgan fingerprint density at radius 2 is 2.26 bits per heavy atom. The number of hydrogen-bond acceptors (Lipinski definition) is 6. The molecule has 4 N–H and O–H groups in total. The van der Waals surface area contributed by atoms with E-state index in [1.54, 1.807) is 6.92 Å². The Bertz CT molecular complexity index is 477. The fraction of sp³-hybridized carbons (Fsp3) is 0.455. The van der Waals surface area contributed by atoms with Crippen LogP contribution in [0.15, 0.2) is 12.1 Å². The molecule has 0 saturated heterocycles. The van der Waals surface area contributed by atoms with E-state index in [2.05, 4.69) is 15.6 Å². The number of pyridine rings is 1. The molecule has 1 aromatic heterocycles. The van der Waals surface area contributed by atoms with Gasteiger partial charge in [0.15, 0.2) is 0 Å². The molecule has 8 nitrogen and oxygen atoms in total. The molecular weight excluding hydrogens is 250 g/mol. The van der Waals surface area contributed by atoms with Crippen molar-refractivity contribution in [2.24, 2.45) is 0 Å². The van der Waals surface area contributed by atoms with E-state index < -0.39 is 11.0 Å². The van der Waals surface area contributed by atoms with E-state index in [-0.39, 0.29) is 23.2 Å². The Balaban J connectivity index is 2.83. The summed E-state index contributed by atoms with van der Waals surface area (Å²) in [5, 5.41) is 16.2. The first kappa shape index (κ1) is 14.7. The summed E-state index contributed by atoms with van der Waals surface area (Å²) in [6.07, 6.45) is 0.815. The number of carbonyl (C=O) groups is 1. The molecule has 0 aromatic carbocycles. The average molecular weight is 267 g/mol. The Kier molecular flexibility index (Phi) is 5.04. The molecule has 19 heavy (non-hydrogen) atoms. The van der Waals surface area contributed by atoms with Gasteiger partial charge in [-0.3, -0.25) is 14.9 Å². The molecule has 0 radical (unpaired) electrons. The van der Waals surface area contributed by atoms with Crippen molar-refractivity contribution in [2.45, 2.75) is 26.3 Å². The highest BCUT2D eigenvalue weighted by atomic mass is 16.6. The molecule has 0 saturated carbocycles. The van der Waals surface area contributed by atoms with Crippen LogP contribution in [0.4, 0.5) is 17.3 Å². The van der Waals surface area contributed by atoms with Gasteiger partial charge in [-0.2, -0.15) is 0 Å². The first-order valence-electron chi connectivity index (χ1n) is 5.90. The van der Waals surface area contributed by atoms with Gasteiger partial charge in [0.1, 0.15) is 11.9 Å². The number of carbonyl (C=O) groups excluding carboxylic acids is 1. The summed E-state index contributed by atoms with van der Waals surface area (Å²) >= 11 is 0. The minimum absolute atomic E-state index is 0.0100. The number of hydrogen-bond donors (Lipinski definition) is 3. The van der Waals surface area contributed by atoms with Crippen LogP contribution in [0.3, 0.4) is 0 Å². The Morgan fingerprint density at radius 1 is 1.58 bits per heavy atom. The smallest absolute Gasteiger partial charge is 0.311 e. The molecule has 0 bridgehead atoms. The average Bonchev–Trinajstić information content (AvgIpc) is 2.35. The molecule has 1 rings (SSSR count). The summed E-state index contributed by atoms with van der Waals surface area (Å²) in [6, 6.07) is 1.95. The van der Waals surface area contributed by atoms with Gasteiger partial charge in [-0.15, -0.1) is 0 Å². The standard InChI is InChI=1S/C11H17N5O3/c1-3-6-13-11(17)7(2)14-10-8(16(18)19)4-5-9(12)15-10/h4-5,7H,3,6H2,1-2H3,(H,13,17)(H3,12,14,15). The van der Waals surface area contributed by atoms with E-state index in [9.17, 15) is 14.9 Å². The second-order valence-corrected chi connectivity index (χ2v) is 4.02. The van der Waals surface area contributed by atoms with Gasteiger partial charge < -0.3 is 16.4 Å². The number of aromatic nitrogens is 1. The van der Waals surface area contributed by atoms with Crippen molar-refractivity contribution in [3.05, 3.63) is 22.2 Å². The number of nitrogens with two attached hydrogens (primary N) is 1. The van der Waals surface area contributed by atoms with Gasteiger partial charge in [0.05, 0.1) is 4.92 Å². The predicted octanol–water partition coefficient (Wildman–Crippen LogP) is 0.899. The van der Waals surface area contributed by atoms with Gasteiger partial charge in [0.25, 0.3) is 0 Å². The van der Waals surface area contributed by atoms with E-state index >= 15 is 0 Å². The van der Waals surface area contributed by atoms with Gasteiger partial charge in [-0.25, -0.2) is 4.98 Å². The molecule has 1 unspecified atom stereocenters. The van der Waals surface area contributed by atoms with E-state index in [0.29, 0.717) is 6.54 Å². The van der Waals surface area contributed by atoms with Crippen LogP contribution in [-0.2, 0) is 4.79 Å². The fourth-order valence-corrected chi connectivity index (χ4v) is 1.39. The molecule has 104 valence electrons. The highest BCUT2D eigenvalue weighted by molar-refractivity contribution is 5.84. The van der Waals surface area contributed by atoms with Crippen molar-refractivity contribution in [3.8, 4) is 0 Å². The van der Waals surface area contributed by atoms with E-state index in [0.717, 1.165) is 6.42 Å². The first-order chi connectivity index (χ1) is 8.95. The molecule has 0 aliphatic rings. The summed E-state index contributed by atoms with van der Waals surface area (Å²) in [4.78, 5) is 25.8. The maximum absolute atomic E-state index is 11.7. The number of rotatable bonds is 6. The monoisotopic (exact) mass is 267 g/mol. The molecule has 8 heteroatoms. The first-order valence-corrected chi connectivity index (χ1v) is 5.90. The predicted molar refractivity (Wildman–Crippen MR) is 71.7 cm³/mol. The molecule has 0 spiro atoms. The van der Waals surface area contributed by atoms with E-state index in [1.807, 2.05) is 6.92 Å². The summed E-state index contributed by atoms with van der Waals surface area (Å²) in [6.45, 7) is 4.08. The van der Waals surface area contributed by atoms with Crippen molar-refractivity contribution in [3.63, 3.8) is 0 Å². The van der Waals surface area contributed by atoms with Crippen LogP contribution in [0.1, 0.15) is 20.3 Å². The van der Waals surface area contributed by atoms with Crippen molar-refractivity contribution >= 4 is 23.2 Å². The zero-order valence-electron chi connectivity index (χ0n) is 10.8. The highest BCUT2D eigenvalue weighted by Gasteiger charge is 2.20. The van der Waals surface area contributed by atoms with Crippen molar-refractivity contribution in [1.82, 2.24) is 10.3 Å². The lowest BCUT2D eigenvalue weighted by molar-refractivity contribution is -0.384. The number of amides is 1. The van der Waals surface area contributed by atoms with Crippen LogP contribution >= 0.6 is 0 Å². The molecule has 1 heterocycles. The van der Waals surface area contributed by atoms with Crippen LogP contribution in [0.2, 0.25) is 0 Å². The highest BCUT2D eigenvalue weighted by Crippen LogP contribution is 2.23. The van der Waals surface area contributed by atoms with Gasteiger partial charge in [0.2, 0.25) is 11.7 Å². The lowest BCUT2D eigenvalue weighted by Crippen LogP contribution is -2.38. The second kappa shape index (κ2) is 6.53. The SMILES string of the molecule is CCCNC(=O)C(C)Nc1nc(N)ccc1[N+](=O)[O-]. The largest absolute Gasteiger partial charge is 0.384 e. The summed E-state index contributed by atoms with van der Waals surface area (Å²) in [5.41, 5.74) is 5.27. The van der Waals surface area contributed by atoms with Crippen LogP contribution < -0.4 is 16.4 Å². The fourth-order valence-electron chi connectivity index (χ4n) is 1.39. The zero-order valence-corrected chi connectivity index (χ0v) is 10.8. The number of nitrogen functional groups attached to an aromatic ring is 1. The van der Waals surface area contributed by atoms with Crippen LogP contribution in [0.25, 0.3) is 0 Å². The minimum Gasteiger partial charge on any atom is -0.384 e. The number of nitro groups is 1. The molecular formula is C11H17N5O3. The Morgan fingerprint density at radius 3 is 2.84 bits per heavy atom. The second-order valence-electron chi connectivity index (χ2n) is 4.02. The van der Waals surface area contributed by atoms with Crippen molar-refractivity contribution in [1.29, 1.82) is 0 Å². The zero-order chi connectivity index (χ0) is 14.4. The molecule has 0 aliphatic carbocycles. The van der Waals surface area contributed by atoms with E-state index in [1.165, 1.54) is 12.1 Å². The maximum Gasteiger partial charge on any atom is 0.311 e. The summed E-state index contributed by atoms with van der Waals surface area (Å²) in [7, 11) is 0. The molecule has 1 aromatic rings. The third kappa shape index (κ3) is 4.09. The number of nitrogens with zero attached hydrogens (tertiary/aromatic N) is 2. The minimum atomic E-state index is -0.639. The lowest BCUT2D eigenvalue weighted by Gasteiger charge is -2.14. The number of anilines is 2. The Labute approximate surface area is 110 Å². The maximum atomic E-state index is 11.7. The number of nitrogens with one attached hydrogen (secondary N) is 2. The molecule has 1 atom stereocenters. The third-order valence-electron chi connectivity index (χ3n) is 2.39.